The third-order valence-electron chi connectivity index (χ3n) is 4.38. The highest BCUT2D eigenvalue weighted by atomic mass is 79.9. The second-order valence-electron chi connectivity index (χ2n) is 5.37. The summed E-state index contributed by atoms with van der Waals surface area (Å²) in [5, 5.41) is 14.6. The molecule has 2 aliphatic heterocycles. The van der Waals surface area contributed by atoms with Crippen LogP contribution >= 0.6 is 15.9 Å². The molecule has 2 saturated heterocycles. The van der Waals surface area contributed by atoms with Crippen molar-refractivity contribution in [3.05, 3.63) is 32.8 Å². The van der Waals surface area contributed by atoms with Crippen molar-refractivity contribution in [3.8, 4) is 0 Å². The summed E-state index contributed by atoms with van der Waals surface area (Å²) in [5.41, 5.74) is 0.934. The molecule has 0 saturated carbocycles. The molecule has 6 heteroatoms. The van der Waals surface area contributed by atoms with E-state index in [0.717, 1.165) is 29.8 Å². The molecule has 102 valence electrons. The van der Waals surface area contributed by atoms with E-state index < -0.39 is 0 Å². The highest BCUT2D eigenvalue weighted by Crippen LogP contribution is 2.40. The molecule has 1 aromatic carbocycles. The van der Waals surface area contributed by atoms with Gasteiger partial charge in [-0.1, -0.05) is 15.9 Å². The fourth-order valence-corrected chi connectivity index (χ4v) is 3.72. The normalized spacial score (nSPS) is 29.6. The summed E-state index contributed by atoms with van der Waals surface area (Å²) in [4.78, 5) is 13.1. The number of nitro benzene ring substituents is 1. The molecule has 5 nitrogen and oxygen atoms in total. The van der Waals surface area contributed by atoms with Crippen LogP contribution in [0.2, 0.25) is 0 Å². The Hall–Kier alpha value is -1.14. The molecule has 0 aromatic heterocycles. The molecule has 1 aromatic rings. The Morgan fingerprint density at radius 3 is 2.95 bits per heavy atom. The number of halogens is 1. The van der Waals surface area contributed by atoms with Gasteiger partial charge >= 0.3 is 0 Å². The monoisotopic (exact) mass is 325 g/mol. The van der Waals surface area contributed by atoms with Crippen molar-refractivity contribution in [1.29, 1.82) is 0 Å². The quantitative estimate of drug-likeness (QED) is 0.670. The van der Waals surface area contributed by atoms with Gasteiger partial charge in [0.05, 0.1) is 4.92 Å². The van der Waals surface area contributed by atoms with Crippen LogP contribution in [-0.2, 0) is 0 Å². The summed E-state index contributed by atoms with van der Waals surface area (Å²) in [5.74, 6) is 1.21. The van der Waals surface area contributed by atoms with E-state index >= 15 is 0 Å². The maximum Gasteiger partial charge on any atom is 0.293 e. The topological polar surface area (TPSA) is 58.4 Å². The van der Waals surface area contributed by atoms with Crippen LogP contribution in [0.1, 0.15) is 6.92 Å². The molecule has 0 amide bonds. The molecule has 0 aliphatic carbocycles. The Balaban J connectivity index is 1.97. The van der Waals surface area contributed by atoms with Crippen LogP contribution in [0.5, 0.6) is 0 Å². The average molecular weight is 326 g/mol. The van der Waals surface area contributed by atoms with Crippen molar-refractivity contribution >= 4 is 27.3 Å². The Morgan fingerprint density at radius 1 is 1.47 bits per heavy atom. The fraction of sp³-hybridized carbons (Fsp3) is 0.538. The molecule has 3 unspecified atom stereocenters. The van der Waals surface area contributed by atoms with Gasteiger partial charge in [-0.05, 0) is 30.9 Å². The maximum absolute atomic E-state index is 11.2. The number of fused-ring (bicyclic) bond motifs is 1. The van der Waals surface area contributed by atoms with E-state index in [4.69, 9.17) is 0 Å². The first kappa shape index (κ1) is 12.9. The molecule has 0 spiro atoms. The maximum atomic E-state index is 11.2. The molecular formula is C13H16BrN3O2. The second kappa shape index (κ2) is 4.76. The number of anilines is 1. The molecule has 2 fully saturated rings. The zero-order chi connectivity index (χ0) is 13.6. The summed E-state index contributed by atoms with van der Waals surface area (Å²) in [6, 6.07) is 5.67. The summed E-state index contributed by atoms with van der Waals surface area (Å²) in [6.07, 6.45) is 0. The van der Waals surface area contributed by atoms with Crippen molar-refractivity contribution in [2.24, 2.45) is 11.8 Å². The van der Waals surface area contributed by atoms with E-state index in [-0.39, 0.29) is 10.6 Å². The van der Waals surface area contributed by atoms with Gasteiger partial charge < -0.3 is 10.2 Å². The number of nitrogens with zero attached hydrogens (tertiary/aromatic N) is 2. The Labute approximate surface area is 120 Å². The van der Waals surface area contributed by atoms with Crippen molar-refractivity contribution in [1.82, 2.24) is 5.32 Å². The molecule has 0 radical (unpaired) electrons. The van der Waals surface area contributed by atoms with Crippen molar-refractivity contribution < 1.29 is 4.92 Å². The minimum Gasteiger partial charge on any atom is -0.363 e. The Kier molecular flexibility index (Phi) is 3.22. The van der Waals surface area contributed by atoms with Gasteiger partial charge in [-0.25, -0.2) is 0 Å². The molecule has 3 rings (SSSR count). The zero-order valence-corrected chi connectivity index (χ0v) is 12.3. The first-order valence-electron chi connectivity index (χ1n) is 6.49. The standard InChI is InChI=1S/C13H16BrN3O2/c1-8-11-6-15-5-9(11)7-16(8)12-3-2-10(14)4-13(12)17(18)19/h2-4,8-9,11,15H,5-7H2,1H3. The lowest BCUT2D eigenvalue weighted by Gasteiger charge is -2.26. The van der Waals surface area contributed by atoms with E-state index in [0.29, 0.717) is 17.9 Å². The van der Waals surface area contributed by atoms with E-state index in [1.807, 2.05) is 12.1 Å². The van der Waals surface area contributed by atoms with Gasteiger partial charge in [0.1, 0.15) is 5.69 Å². The molecule has 19 heavy (non-hydrogen) atoms. The van der Waals surface area contributed by atoms with Gasteiger partial charge in [-0.3, -0.25) is 10.1 Å². The minimum atomic E-state index is -0.292. The third kappa shape index (κ3) is 2.12. The van der Waals surface area contributed by atoms with Gasteiger partial charge in [-0.2, -0.15) is 0 Å². The van der Waals surface area contributed by atoms with E-state index in [9.17, 15) is 10.1 Å². The fourth-order valence-electron chi connectivity index (χ4n) is 3.37. The molecule has 3 atom stereocenters. The van der Waals surface area contributed by atoms with Crippen LogP contribution in [0.25, 0.3) is 0 Å². The number of rotatable bonds is 2. The van der Waals surface area contributed by atoms with Crippen LogP contribution in [0.15, 0.2) is 22.7 Å². The summed E-state index contributed by atoms with van der Waals surface area (Å²) in [6.45, 7) is 5.12. The number of hydrogen-bond acceptors (Lipinski definition) is 4. The summed E-state index contributed by atoms with van der Waals surface area (Å²) < 4.78 is 0.747. The smallest absolute Gasteiger partial charge is 0.293 e. The van der Waals surface area contributed by atoms with Gasteiger partial charge in [-0.15, -0.1) is 0 Å². The lowest BCUT2D eigenvalue weighted by Crippen LogP contribution is -2.33. The van der Waals surface area contributed by atoms with Crippen molar-refractivity contribution in [2.75, 3.05) is 24.5 Å². The van der Waals surface area contributed by atoms with Crippen LogP contribution in [-0.4, -0.2) is 30.6 Å². The number of hydrogen-bond donors (Lipinski definition) is 1. The van der Waals surface area contributed by atoms with Gasteiger partial charge in [0.2, 0.25) is 0 Å². The van der Waals surface area contributed by atoms with E-state index in [1.54, 1.807) is 6.07 Å². The number of nitrogens with one attached hydrogen (secondary N) is 1. The first-order chi connectivity index (χ1) is 9.08. The highest BCUT2D eigenvalue weighted by Gasteiger charge is 2.43. The molecular weight excluding hydrogens is 310 g/mol. The predicted octanol–water partition coefficient (Wildman–Crippen LogP) is 2.40. The highest BCUT2D eigenvalue weighted by molar-refractivity contribution is 9.10. The molecule has 2 aliphatic rings. The first-order valence-corrected chi connectivity index (χ1v) is 7.28. The van der Waals surface area contributed by atoms with Crippen LogP contribution < -0.4 is 10.2 Å². The minimum absolute atomic E-state index is 0.189. The van der Waals surface area contributed by atoms with Crippen molar-refractivity contribution in [2.45, 2.75) is 13.0 Å². The van der Waals surface area contributed by atoms with Gasteiger partial charge in [0.15, 0.2) is 0 Å². The number of benzene rings is 1. The SMILES string of the molecule is CC1C2CNCC2CN1c1ccc(Br)cc1[N+](=O)[O-]. The number of nitro groups is 1. The summed E-state index contributed by atoms with van der Waals surface area (Å²) >= 11 is 3.30. The predicted molar refractivity (Wildman–Crippen MR) is 77.5 cm³/mol. The third-order valence-corrected chi connectivity index (χ3v) is 4.87. The lowest BCUT2D eigenvalue weighted by molar-refractivity contribution is -0.384. The Morgan fingerprint density at radius 2 is 2.26 bits per heavy atom. The summed E-state index contributed by atoms with van der Waals surface area (Å²) in [7, 11) is 0. The van der Waals surface area contributed by atoms with E-state index in [2.05, 4.69) is 33.1 Å². The van der Waals surface area contributed by atoms with Gasteiger partial charge in [0.25, 0.3) is 5.69 Å². The Bertz CT molecular complexity index is 523. The average Bonchev–Trinajstić information content (AvgIpc) is 2.93. The zero-order valence-electron chi connectivity index (χ0n) is 10.7. The molecule has 1 N–H and O–H groups in total. The van der Waals surface area contributed by atoms with Crippen LogP contribution in [0.4, 0.5) is 11.4 Å². The van der Waals surface area contributed by atoms with Crippen molar-refractivity contribution in [3.63, 3.8) is 0 Å². The lowest BCUT2D eigenvalue weighted by atomic mass is 9.95. The van der Waals surface area contributed by atoms with E-state index in [1.165, 1.54) is 0 Å². The van der Waals surface area contributed by atoms with Crippen LogP contribution in [0, 0.1) is 22.0 Å². The largest absolute Gasteiger partial charge is 0.363 e. The molecule has 0 bridgehead atoms. The van der Waals surface area contributed by atoms with Gasteiger partial charge in [0, 0.05) is 36.2 Å². The van der Waals surface area contributed by atoms with Crippen LogP contribution in [0.3, 0.4) is 0 Å². The molecule has 2 heterocycles. The second-order valence-corrected chi connectivity index (χ2v) is 6.28.